The number of nitrogens with one attached hydrogen (secondary N) is 3. The van der Waals surface area contributed by atoms with Gasteiger partial charge in [-0.3, -0.25) is 9.59 Å². The van der Waals surface area contributed by atoms with Crippen LogP contribution in [0.3, 0.4) is 0 Å². The number of amides is 3. The monoisotopic (exact) mass is 497 g/mol. The molecule has 0 unspecified atom stereocenters. The number of benzene rings is 2. The van der Waals surface area contributed by atoms with E-state index in [2.05, 4.69) is 16.0 Å². The summed E-state index contributed by atoms with van der Waals surface area (Å²) < 4.78 is 5.16. The minimum Gasteiger partial charge on any atom is -0.480 e. The van der Waals surface area contributed by atoms with Crippen LogP contribution in [0.25, 0.3) is 0 Å². The van der Waals surface area contributed by atoms with Crippen molar-refractivity contribution < 1.29 is 29.0 Å². The standard InChI is InChI=1S/C27H35N3O6/c1-27(2,3)36-26(35)28-17-11-10-16-21(25(33)34)29-24(32)22(18-19-12-6-4-7-13-19)30-23(31)20-14-8-5-9-15-20/h4-9,12-15,21-22H,10-11,16-18H2,1-3H3,(H,28,35)(H,29,32)(H,30,31)(H,33,34)/t21-,22-/m0/s1. The first kappa shape index (κ1) is 28.4. The SMILES string of the molecule is CC(C)(C)OC(=O)NCCCC[C@H](NC(=O)[C@H](Cc1ccccc1)NC(=O)c1ccccc1)C(=O)O. The Bertz CT molecular complexity index is 1010. The second-order valence-electron chi connectivity index (χ2n) is 9.41. The molecule has 2 atom stereocenters. The molecule has 4 N–H and O–H groups in total. The molecule has 36 heavy (non-hydrogen) atoms. The molecular formula is C27H35N3O6. The van der Waals surface area contributed by atoms with Gasteiger partial charge in [-0.25, -0.2) is 9.59 Å². The van der Waals surface area contributed by atoms with E-state index in [0.29, 0.717) is 24.9 Å². The fraction of sp³-hybridized carbons (Fsp3) is 0.407. The topological polar surface area (TPSA) is 134 Å². The first-order valence-electron chi connectivity index (χ1n) is 11.9. The lowest BCUT2D eigenvalue weighted by molar-refractivity contribution is -0.142. The molecule has 0 aliphatic heterocycles. The summed E-state index contributed by atoms with van der Waals surface area (Å²) >= 11 is 0. The minimum absolute atomic E-state index is 0.168. The molecule has 194 valence electrons. The molecule has 9 nitrogen and oxygen atoms in total. The van der Waals surface area contributed by atoms with Gasteiger partial charge in [0.15, 0.2) is 0 Å². The van der Waals surface area contributed by atoms with E-state index in [4.69, 9.17) is 4.74 Å². The van der Waals surface area contributed by atoms with Gasteiger partial charge in [0.25, 0.3) is 5.91 Å². The predicted octanol–water partition coefficient (Wildman–Crippen LogP) is 3.29. The van der Waals surface area contributed by atoms with Gasteiger partial charge in [-0.2, -0.15) is 0 Å². The quantitative estimate of drug-likeness (QED) is 0.333. The Labute approximate surface area is 211 Å². The van der Waals surface area contributed by atoms with Crippen molar-refractivity contribution in [1.82, 2.24) is 16.0 Å². The molecule has 2 rings (SSSR count). The van der Waals surface area contributed by atoms with Crippen molar-refractivity contribution in [2.24, 2.45) is 0 Å². The summed E-state index contributed by atoms with van der Waals surface area (Å²) in [5, 5.41) is 17.5. The Kier molecular flexibility index (Phi) is 10.9. The molecule has 2 aromatic carbocycles. The van der Waals surface area contributed by atoms with Crippen molar-refractivity contribution in [3.8, 4) is 0 Å². The van der Waals surface area contributed by atoms with Crippen molar-refractivity contribution in [3.63, 3.8) is 0 Å². The molecule has 0 fully saturated rings. The summed E-state index contributed by atoms with van der Waals surface area (Å²) in [6.07, 6.45) is 0.798. The lowest BCUT2D eigenvalue weighted by Crippen LogP contribution is -2.52. The third-order valence-corrected chi connectivity index (χ3v) is 5.14. The molecule has 0 aliphatic rings. The number of aliphatic carboxylic acids is 1. The van der Waals surface area contributed by atoms with Crippen molar-refractivity contribution >= 4 is 23.9 Å². The van der Waals surface area contributed by atoms with Crippen LogP contribution in [0.1, 0.15) is 56.0 Å². The molecule has 2 aromatic rings. The van der Waals surface area contributed by atoms with Crippen molar-refractivity contribution in [2.45, 2.75) is 64.1 Å². The third-order valence-electron chi connectivity index (χ3n) is 5.14. The highest BCUT2D eigenvalue weighted by Gasteiger charge is 2.27. The van der Waals surface area contributed by atoms with Crippen LogP contribution < -0.4 is 16.0 Å². The van der Waals surface area contributed by atoms with Gasteiger partial charge >= 0.3 is 12.1 Å². The first-order valence-corrected chi connectivity index (χ1v) is 11.9. The second kappa shape index (κ2) is 13.9. The van der Waals surface area contributed by atoms with E-state index < -0.39 is 41.6 Å². The lowest BCUT2D eigenvalue weighted by atomic mass is 10.0. The smallest absolute Gasteiger partial charge is 0.407 e. The van der Waals surface area contributed by atoms with E-state index in [0.717, 1.165) is 5.56 Å². The molecule has 0 heterocycles. The van der Waals surface area contributed by atoms with Gasteiger partial charge in [-0.1, -0.05) is 48.5 Å². The van der Waals surface area contributed by atoms with Gasteiger partial charge in [0.1, 0.15) is 17.7 Å². The van der Waals surface area contributed by atoms with E-state index >= 15 is 0 Å². The number of carbonyl (C=O) groups excluding carboxylic acids is 3. The highest BCUT2D eigenvalue weighted by molar-refractivity contribution is 5.98. The van der Waals surface area contributed by atoms with Crippen LogP contribution in [0.4, 0.5) is 4.79 Å². The first-order chi connectivity index (χ1) is 17.0. The largest absolute Gasteiger partial charge is 0.480 e. The Balaban J connectivity index is 1.96. The van der Waals surface area contributed by atoms with Gasteiger partial charge < -0.3 is 25.8 Å². The van der Waals surface area contributed by atoms with Gasteiger partial charge in [0.05, 0.1) is 0 Å². The molecule has 0 bridgehead atoms. The van der Waals surface area contributed by atoms with Gasteiger partial charge in [-0.05, 0) is 57.7 Å². The summed E-state index contributed by atoms with van der Waals surface area (Å²) in [5.41, 5.74) is 0.622. The molecule has 3 amide bonds. The second-order valence-corrected chi connectivity index (χ2v) is 9.41. The Hall–Kier alpha value is -3.88. The summed E-state index contributed by atoms with van der Waals surface area (Å²) in [7, 11) is 0. The number of ether oxygens (including phenoxy) is 1. The molecular weight excluding hydrogens is 462 g/mol. The zero-order valence-electron chi connectivity index (χ0n) is 21.0. The number of carboxylic acid groups (broad SMARTS) is 1. The molecule has 0 aliphatic carbocycles. The average Bonchev–Trinajstić information content (AvgIpc) is 2.82. The molecule has 9 heteroatoms. The maximum absolute atomic E-state index is 13.1. The van der Waals surface area contributed by atoms with Gasteiger partial charge in [0, 0.05) is 18.5 Å². The minimum atomic E-state index is -1.17. The molecule has 0 spiro atoms. The zero-order valence-corrected chi connectivity index (χ0v) is 21.0. The van der Waals surface area contributed by atoms with Crippen LogP contribution >= 0.6 is 0 Å². The zero-order chi connectivity index (χ0) is 26.6. The maximum atomic E-state index is 13.1. The summed E-state index contributed by atoms with van der Waals surface area (Å²) in [4.78, 5) is 49.3. The van der Waals surface area contributed by atoms with Crippen molar-refractivity contribution in [1.29, 1.82) is 0 Å². The fourth-order valence-corrected chi connectivity index (χ4v) is 3.40. The Morgan fingerprint density at radius 1 is 0.861 bits per heavy atom. The number of carboxylic acids is 1. The number of carbonyl (C=O) groups is 4. The van der Waals surface area contributed by atoms with Crippen LogP contribution in [0.5, 0.6) is 0 Å². The summed E-state index contributed by atoms with van der Waals surface area (Å²) in [5.74, 6) is -2.18. The van der Waals surface area contributed by atoms with Crippen LogP contribution in [0.2, 0.25) is 0 Å². The van der Waals surface area contributed by atoms with Crippen molar-refractivity contribution in [3.05, 3.63) is 71.8 Å². The lowest BCUT2D eigenvalue weighted by Gasteiger charge is -2.22. The van der Waals surface area contributed by atoms with Gasteiger partial charge in [0.2, 0.25) is 5.91 Å². The fourth-order valence-electron chi connectivity index (χ4n) is 3.40. The van der Waals surface area contributed by atoms with E-state index in [9.17, 15) is 24.3 Å². The molecule has 0 radical (unpaired) electrons. The number of rotatable bonds is 12. The van der Waals surface area contributed by atoms with E-state index in [1.165, 1.54) is 0 Å². The summed E-state index contributed by atoms with van der Waals surface area (Å²) in [6.45, 7) is 5.61. The van der Waals surface area contributed by atoms with Gasteiger partial charge in [-0.15, -0.1) is 0 Å². The highest BCUT2D eigenvalue weighted by Crippen LogP contribution is 2.09. The normalized spacial score (nSPS) is 12.6. The number of hydrogen-bond donors (Lipinski definition) is 4. The van der Waals surface area contributed by atoms with Crippen LogP contribution in [-0.2, 0) is 20.7 Å². The van der Waals surface area contributed by atoms with E-state index in [-0.39, 0.29) is 12.8 Å². The Morgan fingerprint density at radius 2 is 1.47 bits per heavy atom. The Morgan fingerprint density at radius 3 is 2.06 bits per heavy atom. The van der Waals surface area contributed by atoms with E-state index in [1.807, 2.05) is 30.3 Å². The summed E-state index contributed by atoms with van der Waals surface area (Å²) in [6, 6.07) is 15.6. The third kappa shape index (κ3) is 10.6. The molecule has 0 aromatic heterocycles. The number of alkyl carbamates (subject to hydrolysis) is 1. The number of hydrogen-bond acceptors (Lipinski definition) is 5. The van der Waals surface area contributed by atoms with E-state index in [1.54, 1.807) is 51.1 Å². The highest BCUT2D eigenvalue weighted by atomic mass is 16.6. The van der Waals surface area contributed by atoms with Crippen molar-refractivity contribution in [2.75, 3.05) is 6.54 Å². The van der Waals surface area contributed by atoms with Crippen LogP contribution in [0, 0.1) is 0 Å². The number of unbranched alkanes of at least 4 members (excludes halogenated alkanes) is 1. The maximum Gasteiger partial charge on any atom is 0.407 e. The molecule has 0 saturated carbocycles. The van der Waals surface area contributed by atoms with Crippen LogP contribution in [0.15, 0.2) is 60.7 Å². The molecule has 0 saturated heterocycles. The van der Waals surface area contributed by atoms with Crippen LogP contribution in [-0.4, -0.2) is 53.2 Å². The predicted molar refractivity (Wildman–Crippen MR) is 135 cm³/mol. The average molecular weight is 498 g/mol.